The van der Waals surface area contributed by atoms with E-state index in [0.29, 0.717) is 18.7 Å². The lowest BCUT2D eigenvalue weighted by Crippen LogP contribution is -2.54. The Hall–Kier alpha value is -3.19. The second-order valence-electron chi connectivity index (χ2n) is 11.0. The second kappa shape index (κ2) is 12.8. The van der Waals surface area contributed by atoms with Crippen LogP contribution in [0.15, 0.2) is 30.3 Å². The number of carboxylic acids is 1. The summed E-state index contributed by atoms with van der Waals surface area (Å²) in [4.78, 5) is 53.7. The molecule has 2 aliphatic rings. The lowest BCUT2D eigenvalue weighted by molar-refractivity contribution is -0.149. The van der Waals surface area contributed by atoms with E-state index in [2.05, 4.69) is 10.0 Å². The molecule has 2 heterocycles. The normalized spacial score (nSPS) is 20.8. The highest BCUT2D eigenvalue weighted by molar-refractivity contribution is 7.88. The fourth-order valence-electron chi connectivity index (χ4n) is 4.77. The first kappa shape index (κ1) is 30.4. The summed E-state index contributed by atoms with van der Waals surface area (Å²) in [5, 5.41) is 12.4. The summed E-state index contributed by atoms with van der Waals surface area (Å²) < 4.78 is 33.7. The molecule has 3 N–H and O–H groups in total. The Morgan fingerprint density at radius 2 is 1.72 bits per heavy atom. The smallest absolute Gasteiger partial charge is 0.407 e. The van der Waals surface area contributed by atoms with Crippen LogP contribution < -0.4 is 10.0 Å². The predicted octanol–water partition coefficient (Wildman–Crippen LogP) is 1.46. The monoisotopic (exact) mass is 566 g/mol. The lowest BCUT2D eigenvalue weighted by Gasteiger charge is -2.30. The van der Waals surface area contributed by atoms with Gasteiger partial charge in [0.1, 0.15) is 17.7 Å². The largest absolute Gasteiger partial charge is 0.480 e. The van der Waals surface area contributed by atoms with Gasteiger partial charge in [-0.25, -0.2) is 22.7 Å². The van der Waals surface area contributed by atoms with Crippen LogP contribution in [0, 0.1) is 0 Å². The van der Waals surface area contributed by atoms with Gasteiger partial charge in [-0.15, -0.1) is 0 Å². The maximum atomic E-state index is 13.7. The van der Waals surface area contributed by atoms with E-state index in [0.717, 1.165) is 24.2 Å². The minimum absolute atomic E-state index is 0.0934. The molecule has 1 aromatic rings. The average Bonchev–Trinajstić information content (AvgIpc) is 3.26. The van der Waals surface area contributed by atoms with Crippen LogP contribution in [0.3, 0.4) is 0 Å². The number of hydrogen-bond acceptors (Lipinski definition) is 7. The van der Waals surface area contributed by atoms with Crippen molar-refractivity contribution in [2.45, 2.75) is 82.4 Å². The van der Waals surface area contributed by atoms with E-state index in [1.807, 2.05) is 0 Å². The van der Waals surface area contributed by atoms with E-state index in [4.69, 9.17) is 4.74 Å². The molecule has 0 radical (unpaired) electrons. The molecule has 1 aromatic carbocycles. The molecule has 2 aliphatic heterocycles. The Labute approximate surface area is 229 Å². The molecule has 2 fully saturated rings. The zero-order valence-corrected chi connectivity index (χ0v) is 23.4. The van der Waals surface area contributed by atoms with Gasteiger partial charge in [-0.1, -0.05) is 30.3 Å². The zero-order chi connectivity index (χ0) is 28.8. The molecule has 1 unspecified atom stereocenters. The average molecular weight is 567 g/mol. The van der Waals surface area contributed by atoms with Gasteiger partial charge in [-0.2, -0.15) is 0 Å². The van der Waals surface area contributed by atoms with Gasteiger partial charge < -0.3 is 25.0 Å². The Balaban J connectivity index is 1.80. The van der Waals surface area contributed by atoms with Gasteiger partial charge in [-0.3, -0.25) is 9.59 Å². The van der Waals surface area contributed by atoms with E-state index in [9.17, 15) is 32.7 Å². The van der Waals surface area contributed by atoms with Crippen LogP contribution in [0.25, 0.3) is 0 Å². The number of hydrogen-bond donors (Lipinski definition) is 3. The standard InChI is InChI=1S/C26H38N4O8S/c1-26(2,3)38-25(35)27-19-14-21(24(33)34)30(16-19)23(32)20(15-22(31)29-12-8-5-9-13-29)28-39(36,37)17-18-10-6-4-7-11-18/h4,6-7,10-11,19-21,28H,5,8-9,12-17H2,1-3H3,(H,27,35)(H,33,34)/t19-,20?,21+/m1/s1. The van der Waals surface area contributed by atoms with Crippen molar-refractivity contribution in [1.82, 2.24) is 19.8 Å². The second-order valence-corrected chi connectivity index (χ2v) is 12.7. The van der Waals surface area contributed by atoms with Gasteiger partial charge in [0.25, 0.3) is 0 Å². The maximum Gasteiger partial charge on any atom is 0.407 e. The number of carbonyl (C=O) groups excluding carboxylic acids is 3. The molecule has 3 rings (SSSR count). The number of amides is 3. The van der Waals surface area contributed by atoms with Crippen LogP contribution in [0.1, 0.15) is 58.4 Å². The van der Waals surface area contributed by atoms with Gasteiger partial charge in [0, 0.05) is 26.1 Å². The van der Waals surface area contributed by atoms with E-state index >= 15 is 0 Å². The summed E-state index contributed by atoms with van der Waals surface area (Å²) in [6, 6.07) is 4.82. The Kier molecular flexibility index (Phi) is 9.94. The zero-order valence-electron chi connectivity index (χ0n) is 22.6. The van der Waals surface area contributed by atoms with Crippen molar-refractivity contribution in [2.75, 3.05) is 19.6 Å². The number of carboxylic acid groups (broad SMARTS) is 1. The minimum Gasteiger partial charge on any atom is -0.480 e. The van der Waals surface area contributed by atoms with Gasteiger partial charge in [-0.05, 0) is 45.6 Å². The van der Waals surface area contributed by atoms with E-state index < -0.39 is 63.9 Å². The molecule has 3 amide bonds. The predicted molar refractivity (Wildman–Crippen MR) is 142 cm³/mol. The molecule has 2 saturated heterocycles. The summed E-state index contributed by atoms with van der Waals surface area (Å²) in [5.41, 5.74) is -0.286. The number of likely N-dealkylation sites (tertiary alicyclic amines) is 2. The molecule has 0 aliphatic carbocycles. The third-order valence-electron chi connectivity index (χ3n) is 6.50. The number of nitrogens with one attached hydrogen (secondary N) is 2. The highest BCUT2D eigenvalue weighted by Gasteiger charge is 2.44. The number of alkyl carbamates (subject to hydrolysis) is 1. The molecular weight excluding hydrogens is 528 g/mol. The van der Waals surface area contributed by atoms with Crippen LogP contribution in [-0.2, 0) is 34.9 Å². The van der Waals surface area contributed by atoms with Crippen molar-refractivity contribution in [3.05, 3.63) is 35.9 Å². The van der Waals surface area contributed by atoms with Gasteiger partial charge in [0.15, 0.2) is 0 Å². The molecule has 3 atom stereocenters. The number of piperidine rings is 1. The number of ether oxygens (including phenoxy) is 1. The third-order valence-corrected chi connectivity index (χ3v) is 7.85. The van der Waals surface area contributed by atoms with E-state index in [-0.39, 0.29) is 18.9 Å². The molecule has 216 valence electrons. The maximum absolute atomic E-state index is 13.7. The van der Waals surface area contributed by atoms with Crippen molar-refractivity contribution in [2.24, 2.45) is 0 Å². The number of aliphatic carboxylic acids is 1. The van der Waals surface area contributed by atoms with Crippen LogP contribution in [0.2, 0.25) is 0 Å². The number of benzene rings is 1. The number of sulfonamides is 1. The van der Waals surface area contributed by atoms with Crippen molar-refractivity contribution in [3.63, 3.8) is 0 Å². The molecule has 12 nitrogen and oxygen atoms in total. The molecule has 0 bridgehead atoms. The minimum atomic E-state index is -4.08. The molecule has 0 saturated carbocycles. The third kappa shape index (κ3) is 9.20. The van der Waals surface area contributed by atoms with Crippen LogP contribution >= 0.6 is 0 Å². The Morgan fingerprint density at radius 1 is 1.08 bits per heavy atom. The summed E-state index contributed by atoms with van der Waals surface area (Å²) in [6.45, 7) is 5.90. The van der Waals surface area contributed by atoms with Gasteiger partial charge >= 0.3 is 12.1 Å². The quantitative estimate of drug-likeness (QED) is 0.405. The first-order chi connectivity index (χ1) is 18.2. The van der Waals surface area contributed by atoms with E-state index in [1.54, 1.807) is 56.0 Å². The summed E-state index contributed by atoms with van der Waals surface area (Å²) in [6.07, 6.45) is 1.32. The molecule has 39 heavy (non-hydrogen) atoms. The number of nitrogens with zero attached hydrogens (tertiary/aromatic N) is 2. The molecule has 0 spiro atoms. The van der Waals surface area contributed by atoms with Crippen molar-refractivity contribution in [3.8, 4) is 0 Å². The SMILES string of the molecule is CC(C)(C)OC(=O)N[C@@H]1C[C@@H](C(=O)O)N(C(=O)C(CC(=O)N2CCCCC2)NS(=O)(=O)Cc2ccccc2)C1. The summed E-state index contributed by atoms with van der Waals surface area (Å²) in [7, 11) is -4.08. The fraction of sp³-hybridized carbons (Fsp3) is 0.615. The van der Waals surface area contributed by atoms with Gasteiger partial charge in [0.2, 0.25) is 21.8 Å². The first-order valence-corrected chi connectivity index (χ1v) is 14.7. The van der Waals surface area contributed by atoms with Crippen LogP contribution in [0.4, 0.5) is 4.79 Å². The highest BCUT2D eigenvalue weighted by Crippen LogP contribution is 2.22. The molecule has 13 heteroatoms. The number of rotatable bonds is 9. The Bertz CT molecular complexity index is 1150. The Morgan fingerprint density at radius 3 is 2.31 bits per heavy atom. The van der Waals surface area contributed by atoms with Crippen LogP contribution in [-0.4, -0.2) is 90.6 Å². The molecule has 0 aromatic heterocycles. The van der Waals surface area contributed by atoms with Crippen LogP contribution in [0.5, 0.6) is 0 Å². The van der Waals surface area contributed by atoms with E-state index in [1.165, 1.54) is 0 Å². The van der Waals surface area contributed by atoms with Gasteiger partial charge in [0.05, 0.1) is 18.2 Å². The van der Waals surface area contributed by atoms with Crippen molar-refractivity contribution in [1.29, 1.82) is 0 Å². The first-order valence-electron chi connectivity index (χ1n) is 13.1. The topological polar surface area (TPSA) is 162 Å². The summed E-state index contributed by atoms with van der Waals surface area (Å²) >= 11 is 0. The fourth-order valence-corrected chi connectivity index (χ4v) is 6.10. The highest BCUT2D eigenvalue weighted by atomic mass is 32.2. The number of carbonyl (C=O) groups is 4. The summed E-state index contributed by atoms with van der Waals surface area (Å²) in [5.74, 6) is -2.94. The lowest BCUT2D eigenvalue weighted by atomic mass is 10.1. The van der Waals surface area contributed by atoms with Crippen molar-refractivity contribution >= 4 is 33.9 Å². The van der Waals surface area contributed by atoms with Crippen molar-refractivity contribution < 1.29 is 37.4 Å². The molecular formula is C26H38N4O8S.